The summed E-state index contributed by atoms with van der Waals surface area (Å²) in [6.07, 6.45) is 0. The van der Waals surface area contributed by atoms with Crippen LogP contribution in [-0.2, 0) is 0 Å². The molecule has 0 N–H and O–H groups in total. The van der Waals surface area contributed by atoms with Gasteiger partial charge in [-0.3, -0.25) is 0 Å². The molecule has 0 spiro atoms. The first-order valence-electron chi connectivity index (χ1n) is 8.65. The van der Waals surface area contributed by atoms with Crippen molar-refractivity contribution < 1.29 is 4.74 Å². The second-order valence-corrected chi connectivity index (χ2v) is 6.68. The third-order valence-corrected chi connectivity index (χ3v) is 4.52. The molecule has 3 heteroatoms. The SMILES string of the molecule is COc1cc[c]c(-c2ccc(N(C)C)cc2)c1-c1ccc(N(C)C)cc1. The zero-order valence-electron chi connectivity index (χ0n) is 16.1. The van der Waals surface area contributed by atoms with Gasteiger partial charge in [0, 0.05) is 50.7 Å². The van der Waals surface area contributed by atoms with E-state index in [-0.39, 0.29) is 0 Å². The lowest BCUT2D eigenvalue weighted by Gasteiger charge is -2.17. The minimum atomic E-state index is 0.855. The van der Waals surface area contributed by atoms with Crippen LogP contribution in [0, 0.1) is 6.07 Å². The molecule has 0 unspecified atom stereocenters. The number of hydrogen-bond donors (Lipinski definition) is 0. The van der Waals surface area contributed by atoms with Gasteiger partial charge >= 0.3 is 0 Å². The second-order valence-electron chi connectivity index (χ2n) is 6.68. The van der Waals surface area contributed by atoms with Crippen LogP contribution in [0.15, 0.2) is 60.7 Å². The van der Waals surface area contributed by atoms with Crippen LogP contribution in [0.4, 0.5) is 11.4 Å². The van der Waals surface area contributed by atoms with E-state index in [1.807, 2.05) is 40.3 Å². The largest absolute Gasteiger partial charge is 0.496 e. The topological polar surface area (TPSA) is 15.7 Å². The fourth-order valence-corrected chi connectivity index (χ4v) is 3.02. The first-order chi connectivity index (χ1) is 12.5. The van der Waals surface area contributed by atoms with E-state index in [1.165, 1.54) is 11.4 Å². The van der Waals surface area contributed by atoms with Crippen molar-refractivity contribution in [3.63, 3.8) is 0 Å². The summed E-state index contributed by atoms with van der Waals surface area (Å²) >= 11 is 0. The number of benzene rings is 3. The van der Waals surface area contributed by atoms with E-state index in [0.717, 1.165) is 28.0 Å². The first-order valence-corrected chi connectivity index (χ1v) is 8.65. The summed E-state index contributed by atoms with van der Waals surface area (Å²) in [6.45, 7) is 0. The minimum absolute atomic E-state index is 0.855. The second kappa shape index (κ2) is 7.52. The Kier molecular flexibility index (Phi) is 5.17. The quantitative estimate of drug-likeness (QED) is 0.650. The summed E-state index contributed by atoms with van der Waals surface area (Å²) < 4.78 is 5.66. The molecule has 0 saturated carbocycles. The molecule has 1 radical (unpaired) electrons. The van der Waals surface area contributed by atoms with Crippen molar-refractivity contribution in [2.45, 2.75) is 0 Å². The van der Waals surface area contributed by atoms with Gasteiger partial charge in [0.25, 0.3) is 0 Å². The zero-order chi connectivity index (χ0) is 18.7. The third-order valence-electron chi connectivity index (χ3n) is 4.52. The predicted molar refractivity (Wildman–Crippen MR) is 111 cm³/mol. The highest BCUT2D eigenvalue weighted by Gasteiger charge is 2.14. The van der Waals surface area contributed by atoms with E-state index in [1.54, 1.807) is 7.11 Å². The van der Waals surface area contributed by atoms with Crippen molar-refractivity contribution >= 4 is 11.4 Å². The van der Waals surface area contributed by atoms with Crippen LogP contribution in [0.25, 0.3) is 22.3 Å². The van der Waals surface area contributed by atoms with Crippen molar-refractivity contribution in [3.05, 3.63) is 66.7 Å². The van der Waals surface area contributed by atoms with Crippen molar-refractivity contribution in [1.82, 2.24) is 0 Å². The maximum atomic E-state index is 5.66. The highest BCUT2D eigenvalue weighted by molar-refractivity contribution is 5.88. The Balaban J connectivity index is 2.12. The molecule has 0 aliphatic carbocycles. The van der Waals surface area contributed by atoms with Crippen LogP contribution in [0.5, 0.6) is 5.75 Å². The molecule has 3 nitrogen and oxygen atoms in total. The molecule has 0 aromatic heterocycles. The molecule has 3 aromatic carbocycles. The van der Waals surface area contributed by atoms with Crippen molar-refractivity contribution in [3.8, 4) is 28.0 Å². The number of nitrogens with zero attached hydrogens (tertiary/aromatic N) is 2. The van der Waals surface area contributed by atoms with Crippen molar-refractivity contribution in [1.29, 1.82) is 0 Å². The molecular weight excluding hydrogens is 320 g/mol. The fraction of sp³-hybridized carbons (Fsp3) is 0.217. The number of methoxy groups -OCH3 is 1. The summed E-state index contributed by atoms with van der Waals surface area (Å²) in [5, 5.41) is 0. The van der Waals surface area contributed by atoms with Crippen molar-refractivity contribution in [2.24, 2.45) is 0 Å². The first kappa shape index (κ1) is 17.9. The smallest absolute Gasteiger partial charge is 0.127 e. The van der Waals surface area contributed by atoms with Crippen LogP contribution < -0.4 is 14.5 Å². The lowest BCUT2D eigenvalue weighted by atomic mass is 9.93. The Morgan fingerprint density at radius 1 is 0.692 bits per heavy atom. The highest BCUT2D eigenvalue weighted by Crippen LogP contribution is 2.39. The summed E-state index contributed by atoms with van der Waals surface area (Å²) in [4.78, 5) is 4.19. The van der Waals surface area contributed by atoms with Gasteiger partial charge < -0.3 is 14.5 Å². The fourth-order valence-electron chi connectivity index (χ4n) is 3.02. The molecule has 0 atom stereocenters. The molecule has 0 fully saturated rings. The van der Waals surface area contributed by atoms with E-state index in [9.17, 15) is 0 Å². The van der Waals surface area contributed by atoms with E-state index in [4.69, 9.17) is 4.74 Å². The lowest BCUT2D eigenvalue weighted by molar-refractivity contribution is 0.416. The Labute approximate surface area is 156 Å². The zero-order valence-corrected chi connectivity index (χ0v) is 16.1. The van der Waals surface area contributed by atoms with Gasteiger partial charge in [0.15, 0.2) is 0 Å². The van der Waals surface area contributed by atoms with Gasteiger partial charge in [-0.2, -0.15) is 0 Å². The van der Waals surface area contributed by atoms with E-state index in [2.05, 4.69) is 64.4 Å². The molecule has 26 heavy (non-hydrogen) atoms. The molecule has 3 rings (SSSR count). The molecule has 133 valence electrons. The van der Waals surface area contributed by atoms with Crippen LogP contribution >= 0.6 is 0 Å². The Morgan fingerprint density at radius 3 is 1.65 bits per heavy atom. The van der Waals surface area contributed by atoms with Crippen LogP contribution in [0.3, 0.4) is 0 Å². The molecule has 0 saturated heterocycles. The Morgan fingerprint density at radius 2 is 1.19 bits per heavy atom. The van der Waals surface area contributed by atoms with Gasteiger partial charge in [-0.25, -0.2) is 0 Å². The Bertz CT molecular complexity index is 866. The van der Waals surface area contributed by atoms with Crippen LogP contribution in [-0.4, -0.2) is 35.3 Å². The monoisotopic (exact) mass is 345 g/mol. The average Bonchev–Trinajstić information content (AvgIpc) is 2.67. The molecule has 0 bridgehead atoms. The maximum Gasteiger partial charge on any atom is 0.127 e. The van der Waals surface area contributed by atoms with Gasteiger partial charge in [-0.15, -0.1) is 0 Å². The summed E-state index contributed by atoms with van der Waals surface area (Å²) in [6, 6.07) is 24.4. The molecular formula is C23H25N2O. The average molecular weight is 345 g/mol. The normalized spacial score (nSPS) is 10.5. The van der Waals surface area contributed by atoms with Crippen molar-refractivity contribution in [2.75, 3.05) is 45.1 Å². The third kappa shape index (κ3) is 3.52. The number of anilines is 2. The van der Waals surface area contributed by atoms with E-state index in [0.29, 0.717) is 0 Å². The Hall–Kier alpha value is -2.94. The van der Waals surface area contributed by atoms with Crippen LogP contribution in [0.1, 0.15) is 0 Å². The van der Waals surface area contributed by atoms with Crippen LogP contribution in [0.2, 0.25) is 0 Å². The molecule has 0 aliphatic heterocycles. The van der Waals surface area contributed by atoms with E-state index >= 15 is 0 Å². The standard InChI is InChI=1S/C23H25N2O/c1-24(2)19-13-9-17(10-14-19)21-7-6-8-22(26-5)23(21)18-11-15-20(16-12-18)25(3)4/h6,8-16H,1-5H3. The molecule has 3 aromatic rings. The lowest BCUT2D eigenvalue weighted by Crippen LogP contribution is -2.08. The number of ether oxygens (including phenoxy) is 1. The molecule has 0 aliphatic rings. The van der Waals surface area contributed by atoms with Gasteiger partial charge in [-0.1, -0.05) is 30.3 Å². The molecule has 0 amide bonds. The van der Waals surface area contributed by atoms with Gasteiger partial charge in [0.05, 0.1) is 7.11 Å². The predicted octanol–water partition coefficient (Wildman–Crippen LogP) is 4.96. The summed E-state index contributed by atoms with van der Waals surface area (Å²) in [7, 11) is 9.90. The van der Waals surface area contributed by atoms with E-state index < -0.39 is 0 Å². The minimum Gasteiger partial charge on any atom is -0.496 e. The van der Waals surface area contributed by atoms with Gasteiger partial charge in [0.1, 0.15) is 5.75 Å². The van der Waals surface area contributed by atoms with Gasteiger partial charge in [-0.05, 0) is 47.5 Å². The maximum absolute atomic E-state index is 5.66. The highest BCUT2D eigenvalue weighted by atomic mass is 16.5. The van der Waals surface area contributed by atoms with Gasteiger partial charge in [0.2, 0.25) is 0 Å². The summed E-state index contributed by atoms with van der Waals surface area (Å²) in [5.41, 5.74) is 6.71. The number of hydrogen-bond acceptors (Lipinski definition) is 3. The number of rotatable bonds is 5. The summed E-state index contributed by atoms with van der Waals surface area (Å²) in [5.74, 6) is 0.855. The molecule has 0 heterocycles.